The summed E-state index contributed by atoms with van der Waals surface area (Å²) in [6, 6.07) is 13.7. The topological polar surface area (TPSA) is 89.9 Å². The molecule has 3 aliphatic carbocycles. The van der Waals surface area contributed by atoms with E-state index in [2.05, 4.69) is 36.3 Å². The molecule has 2 heterocycles. The number of hydrogen-bond acceptors (Lipinski definition) is 6. The fraction of sp³-hybridized carbons (Fsp3) is 0.500. The smallest absolute Gasteiger partial charge is 0.329 e. The number of aryl methyl sites for hydroxylation is 1. The minimum Gasteiger partial charge on any atom is -0.493 e. The summed E-state index contributed by atoms with van der Waals surface area (Å²) in [5.74, 6) is 2.93. The first-order valence-corrected chi connectivity index (χ1v) is 16.4. The Hall–Kier alpha value is -3.45. The zero-order valence-electron chi connectivity index (χ0n) is 25.5. The Balaban J connectivity index is 1.13. The first-order chi connectivity index (χ1) is 21.3. The molecule has 0 saturated heterocycles. The molecule has 1 aromatic heterocycles. The van der Waals surface area contributed by atoms with Crippen LogP contribution in [0, 0.1) is 11.8 Å². The Morgan fingerprint density at radius 1 is 1.16 bits per heavy atom. The van der Waals surface area contributed by atoms with Crippen LogP contribution in [0.4, 0.5) is 5.69 Å². The van der Waals surface area contributed by atoms with Gasteiger partial charge in [0.15, 0.2) is 11.5 Å². The van der Waals surface area contributed by atoms with Crippen LogP contribution in [0.3, 0.4) is 0 Å². The van der Waals surface area contributed by atoms with Gasteiger partial charge in [-0.2, -0.15) is 0 Å². The molecule has 1 saturated carbocycles. The monoisotopic (exact) mass is 616 g/mol. The van der Waals surface area contributed by atoms with Crippen molar-refractivity contribution in [3.8, 4) is 17.2 Å². The molecule has 1 fully saturated rings. The molecule has 0 unspecified atom stereocenters. The van der Waals surface area contributed by atoms with Gasteiger partial charge in [0.25, 0.3) is 0 Å². The molecule has 44 heavy (non-hydrogen) atoms. The third-order valence-electron chi connectivity index (χ3n) is 10.8. The van der Waals surface area contributed by atoms with Crippen molar-refractivity contribution in [3.05, 3.63) is 76.1 Å². The second-order valence-corrected chi connectivity index (χ2v) is 14.0. The van der Waals surface area contributed by atoms with Crippen molar-refractivity contribution in [3.63, 3.8) is 0 Å². The zero-order chi connectivity index (χ0) is 30.5. The molecule has 1 aliphatic heterocycles. The normalized spacial score (nSPS) is 27.4. The number of rotatable bonds is 8. The molecular formula is C36H41ClN2O5. The highest BCUT2D eigenvalue weighted by Crippen LogP contribution is 2.58. The molecule has 2 aromatic carbocycles. The fourth-order valence-corrected chi connectivity index (χ4v) is 8.69. The van der Waals surface area contributed by atoms with Gasteiger partial charge in [0.2, 0.25) is 6.79 Å². The second-order valence-electron chi connectivity index (χ2n) is 13.6. The number of halogens is 1. The van der Waals surface area contributed by atoms with E-state index in [4.69, 9.17) is 25.8 Å². The van der Waals surface area contributed by atoms with Gasteiger partial charge >= 0.3 is 5.97 Å². The summed E-state index contributed by atoms with van der Waals surface area (Å²) in [6.45, 7) is 5.45. The van der Waals surface area contributed by atoms with Gasteiger partial charge in [-0.05, 0) is 128 Å². The summed E-state index contributed by atoms with van der Waals surface area (Å²) in [6.07, 6.45) is 9.78. The third kappa shape index (κ3) is 5.17. The summed E-state index contributed by atoms with van der Waals surface area (Å²) in [7, 11) is 0. The van der Waals surface area contributed by atoms with Crippen molar-refractivity contribution < 1.29 is 24.1 Å². The van der Waals surface area contributed by atoms with Crippen LogP contribution in [0.5, 0.6) is 17.2 Å². The van der Waals surface area contributed by atoms with Gasteiger partial charge in [-0.1, -0.05) is 31.5 Å². The van der Waals surface area contributed by atoms with E-state index in [-0.39, 0.29) is 12.2 Å². The summed E-state index contributed by atoms with van der Waals surface area (Å²) >= 11 is 6.24. The largest absolute Gasteiger partial charge is 0.493 e. The van der Waals surface area contributed by atoms with E-state index in [1.165, 1.54) is 35.2 Å². The molecule has 232 valence electrons. The molecule has 0 bridgehead atoms. The minimum absolute atomic E-state index is 0.135. The summed E-state index contributed by atoms with van der Waals surface area (Å²) in [5, 5.41) is 14.5. The Labute approximate surface area is 264 Å². The lowest BCUT2D eigenvalue weighted by atomic mass is 9.59. The van der Waals surface area contributed by atoms with Crippen LogP contribution in [0.2, 0.25) is 5.02 Å². The van der Waals surface area contributed by atoms with Crippen LogP contribution < -0.4 is 19.5 Å². The number of hydrogen-bond donors (Lipinski definition) is 2. The van der Waals surface area contributed by atoms with Crippen LogP contribution in [-0.2, 0) is 23.1 Å². The van der Waals surface area contributed by atoms with Crippen LogP contribution in [0.1, 0.15) is 87.1 Å². The van der Waals surface area contributed by atoms with Crippen molar-refractivity contribution in [2.24, 2.45) is 11.8 Å². The van der Waals surface area contributed by atoms with Gasteiger partial charge in [0.1, 0.15) is 11.3 Å². The predicted molar refractivity (Wildman–Crippen MR) is 170 cm³/mol. The second kappa shape index (κ2) is 11.5. The van der Waals surface area contributed by atoms with Crippen molar-refractivity contribution in [1.82, 2.24) is 4.98 Å². The molecule has 0 radical (unpaired) electrons. The van der Waals surface area contributed by atoms with Crippen molar-refractivity contribution in [2.45, 2.75) is 88.5 Å². The highest BCUT2D eigenvalue weighted by atomic mass is 35.5. The van der Waals surface area contributed by atoms with Crippen molar-refractivity contribution >= 4 is 23.3 Å². The van der Waals surface area contributed by atoms with Gasteiger partial charge < -0.3 is 24.6 Å². The summed E-state index contributed by atoms with van der Waals surface area (Å²) in [5.41, 5.74) is 4.63. The summed E-state index contributed by atoms with van der Waals surface area (Å²) in [4.78, 5) is 17.5. The van der Waals surface area contributed by atoms with Crippen molar-refractivity contribution in [1.29, 1.82) is 0 Å². The Morgan fingerprint density at radius 3 is 2.73 bits per heavy atom. The number of anilines is 1. The van der Waals surface area contributed by atoms with E-state index >= 15 is 0 Å². The maximum absolute atomic E-state index is 12.8. The van der Waals surface area contributed by atoms with E-state index in [9.17, 15) is 9.90 Å². The number of ether oxygens (including phenoxy) is 3. The van der Waals surface area contributed by atoms with Crippen LogP contribution >= 0.6 is 11.6 Å². The Bertz CT molecular complexity index is 1570. The number of carbonyl (C=O) groups is 1. The number of fused-ring (bicyclic) bond motifs is 4. The quantitative estimate of drug-likeness (QED) is 0.266. The minimum atomic E-state index is -1.05. The lowest BCUT2D eigenvalue weighted by molar-refractivity contribution is -0.144. The van der Waals surface area contributed by atoms with E-state index in [0.29, 0.717) is 42.2 Å². The van der Waals surface area contributed by atoms with E-state index in [1.807, 2.05) is 24.4 Å². The van der Waals surface area contributed by atoms with Crippen LogP contribution in [0.25, 0.3) is 0 Å². The zero-order valence-corrected chi connectivity index (χ0v) is 26.3. The molecule has 8 heteroatoms. The first kappa shape index (κ1) is 29.3. The third-order valence-corrected chi connectivity index (χ3v) is 11.0. The standard InChI is InChI=1S/C36H41ClN2O5/c1-22(20-42-30-9-14-38-29-8-3-5-23(2)33(29)30)15-25-16-24-17-31-32(44-21-43-31)19-28(24)35(25)10-12-36(13-11-35,34(40)41)39-27-7-4-6-26(37)18-27/h4,6-7,9,14,17-19,22-23,25,39H,3,5,8,10-13,15-16,20-21H2,1-2H3,(H,40,41)/t22-,23-,25-,35?,36?/m1/s1. The molecule has 3 atom stereocenters. The number of nitrogens with zero attached hydrogens (tertiary/aromatic N) is 1. The molecule has 2 N–H and O–H groups in total. The van der Waals surface area contributed by atoms with Crippen LogP contribution in [0.15, 0.2) is 48.7 Å². The highest BCUT2D eigenvalue weighted by Gasteiger charge is 2.54. The first-order valence-electron chi connectivity index (χ1n) is 16.1. The maximum Gasteiger partial charge on any atom is 0.329 e. The van der Waals surface area contributed by atoms with Gasteiger partial charge in [-0.3, -0.25) is 4.98 Å². The average Bonchev–Trinajstić information content (AvgIpc) is 3.58. The molecule has 0 amide bonds. The summed E-state index contributed by atoms with van der Waals surface area (Å²) < 4.78 is 18.1. The number of aromatic nitrogens is 1. The predicted octanol–water partition coefficient (Wildman–Crippen LogP) is 7.93. The fourth-order valence-electron chi connectivity index (χ4n) is 8.50. The molecule has 7 rings (SSSR count). The van der Waals surface area contributed by atoms with E-state index in [1.54, 1.807) is 12.1 Å². The number of pyridine rings is 1. The number of nitrogens with one attached hydrogen (secondary N) is 1. The molecular weight excluding hydrogens is 576 g/mol. The van der Waals surface area contributed by atoms with Crippen molar-refractivity contribution in [2.75, 3.05) is 18.7 Å². The van der Waals surface area contributed by atoms with Gasteiger partial charge in [-0.25, -0.2) is 4.79 Å². The Kier molecular flexibility index (Phi) is 7.64. The molecule has 3 aromatic rings. The molecule has 1 spiro atoms. The number of carboxylic acid groups (broad SMARTS) is 1. The average molecular weight is 617 g/mol. The molecule has 4 aliphatic rings. The van der Waals surface area contributed by atoms with Gasteiger partial charge in [0.05, 0.1) is 6.61 Å². The van der Waals surface area contributed by atoms with Gasteiger partial charge in [0, 0.05) is 28.2 Å². The van der Waals surface area contributed by atoms with Crippen LogP contribution in [-0.4, -0.2) is 35.0 Å². The number of aliphatic carboxylic acids is 1. The number of carboxylic acids is 1. The number of benzene rings is 2. The lowest BCUT2D eigenvalue weighted by Crippen LogP contribution is -2.53. The van der Waals surface area contributed by atoms with E-state index < -0.39 is 11.5 Å². The molecule has 7 nitrogen and oxygen atoms in total. The highest BCUT2D eigenvalue weighted by molar-refractivity contribution is 6.30. The van der Waals surface area contributed by atoms with E-state index in [0.717, 1.165) is 55.0 Å². The van der Waals surface area contributed by atoms with Gasteiger partial charge in [-0.15, -0.1) is 0 Å². The lowest BCUT2D eigenvalue weighted by Gasteiger charge is -2.47. The Morgan fingerprint density at radius 2 is 1.95 bits per heavy atom. The maximum atomic E-state index is 12.8. The SMILES string of the molecule is C[C@@H](COc1ccnc2c1[C@H](C)CCC2)C[C@@H]1Cc2cc3c(cc2C12CCC(Nc1cccc(Cl)c1)(C(=O)O)CC2)OCO3.